The van der Waals surface area contributed by atoms with Crippen molar-refractivity contribution in [3.63, 3.8) is 0 Å². The number of aryl methyl sites for hydroxylation is 2. The molecule has 0 aliphatic carbocycles. The van der Waals surface area contributed by atoms with Gasteiger partial charge < -0.3 is 20.1 Å². The number of carbonyl (C=O) groups is 1. The number of hydrogen-bond donors (Lipinski definition) is 2. The van der Waals surface area contributed by atoms with Crippen LogP contribution in [0.2, 0.25) is 5.02 Å². The lowest BCUT2D eigenvalue weighted by molar-refractivity contribution is -0.115. The first-order valence-electron chi connectivity index (χ1n) is 12.6. The Balaban J connectivity index is 1.63. The number of halogens is 1. The number of hydrogen-bond acceptors (Lipinski definition) is 3. The highest BCUT2D eigenvalue weighted by molar-refractivity contribution is 7.80. The fourth-order valence-electron chi connectivity index (χ4n) is 5.20. The van der Waals surface area contributed by atoms with Crippen LogP contribution < -0.4 is 15.5 Å². The van der Waals surface area contributed by atoms with Crippen LogP contribution in [0.4, 0.5) is 11.4 Å². The van der Waals surface area contributed by atoms with E-state index < -0.39 is 0 Å². The minimum atomic E-state index is -0.150. The quantitative estimate of drug-likeness (QED) is 0.257. The van der Waals surface area contributed by atoms with Crippen molar-refractivity contribution >= 4 is 46.2 Å². The van der Waals surface area contributed by atoms with E-state index in [0.29, 0.717) is 16.6 Å². The maximum Gasteiger partial charge on any atom is 0.224 e. The van der Waals surface area contributed by atoms with Crippen molar-refractivity contribution in [3.05, 3.63) is 106 Å². The Hall–Kier alpha value is -3.68. The summed E-state index contributed by atoms with van der Waals surface area (Å²) in [5.74, 6) is -0.0121. The van der Waals surface area contributed by atoms with Crippen molar-refractivity contribution in [1.82, 2.24) is 14.9 Å². The molecule has 0 spiro atoms. The van der Waals surface area contributed by atoms with Gasteiger partial charge in [-0.3, -0.25) is 9.78 Å². The van der Waals surface area contributed by atoms with Gasteiger partial charge in [0.15, 0.2) is 5.11 Å². The molecule has 4 aromatic rings. The largest absolute Gasteiger partial charge is 0.351 e. The number of benzene rings is 2. The second kappa shape index (κ2) is 10.6. The van der Waals surface area contributed by atoms with Crippen molar-refractivity contribution in [2.45, 2.75) is 46.2 Å². The lowest BCUT2D eigenvalue weighted by Crippen LogP contribution is -2.29. The predicted molar refractivity (Wildman–Crippen MR) is 158 cm³/mol. The van der Waals surface area contributed by atoms with Crippen molar-refractivity contribution in [2.24, 2.45) is 0 Å². The number of pyridine rings is 1. The van der Waals surface area contributed by atoms with Crippen molar-refractivity contribution in [1.29, 1.82) is 0 Å². The minimum absolute atomic E-state index is 0.0121. The van der Waals surface area contributed by atoms with E-state index >= 15 is 0 Å². The molecule has 0 radical (unpaired) electrons. The van der Waals surface area contributed by atoms with Crippen molar-refractivity contribution in [3.8, 4) is 5.69 Å². The molecule has 2 aromatic heterocycles. The van der Waals surface area contributed by atoms with E-state index in [1.807, 2.05) is 74.6 Å². The van der Waals surface area contributed by atoms with Gasteiger partial charge in [0.1, 0.15) is 0 Å². The Kier molecular flexibility index (Phi) is 7.23. The van der Waals surface area contributed by atoms with Gasteiger partial charge in [0, 0.05) is 46.1 Å². The van der Waals surface area contributed by atoms with Gasteiger partial charge in [-0.1, -0.05) is 24.6 Å². The van der Waals surface area contributed by atoms with Gasteiger partial charge >= 0.3 is 0 Å². The highest BCUT2D eigenvalue weighted by atomic mass is 35.5. The summed E-state index contributed by atoms with van der Waals surface area (Å²) in [6, 6.07) is 21.8. The Labute approximate surface area is 233 Å². The average Bonchev–Trinajstić information content (AvgIpc) is 3.41. The van der Waals surface area contributed by atoms with Crippen LogP contribution in [0.25, 0.3) is 5.69 Å². The van der Waals surface area contributed by atoms with Crippen LogP contribution in [0, 0.1) is 20.8 Å². The summed E-state index contributed by atoms with van der Waals surface area (Å²) >= 11 is 12.1. The number of rotatable bonds is 6. The van der Waals surface area contributed by atoms with Crippen LogP contribution in [-0.2, 0) is 4.79 Å². The summed E-state index contributed by atoms with van der Waals surface area (Å²) in [7, 11) is 0. The van der Waals surface area contributed by atoms with Gasteiger partial charge in [-0.05, 0) is 105 Å². The smallest absolute Gasteiger partial charge is 0.224 e. The van der Waals surface area contributed by atoms with Gasteiger partial charge in [0.25, 0.3) is 0 Å². The topological polar surface area (TPSA) is 62.2 Å². The third-order valence-corrected chi connectivity index (χ3v) is 7.62. The zero-order valence-electron chi connectivity index (χ0n) is 21.8. The third-order valence-electron chi connectivity index (χ3n) is 7.06. The lowest BCUT2D eigenvalue weighted by Gasteiger charge is -2.29. The van der Waals surface area contributed by atoms with E-state index in [9.17, 15) is 4.79 Å². The SMILES string of the molecule is CCC(=O)Nc1ccc(N2C(=S)N[C@H](c3ccccn3)[C@@H]2c2cc(C)n(-c3ccc(Cl)cc3)c2C)cc1C. The molecule has 5 rings (SSSR count). The summed E-state index contributed by atoms with van der Waals surface area (Å²) in [5.41, 5.74) is 8.09. The number of carbonyl (C=O) groups excluding carboxylic acids is 1. The average molecular weight is 544 g/mol. The van der Waals surface area contributed by atoms with Crippen LogP contribution >= 0.6 is 23.8 Å². The summed E-state index contributed by atoms with van der Waals surface area (Å²) in [6.07, 6.45) is 2.24. The molecule has 38 heavy (non-hydrogen) atoms. The molecule has 0 bridgehead atoms. The molecule has 3 heterocycles. The van der Waals surface area contributed by atoms with E-state index in [1.54, 1.807) is 0 Å². The molecule has 2 atom stereocenters. The van der Waals surface area contributed by atoms with Crippen LogP contribution in [-0.4, -0.2) is 20.6 Å². The standard InChI is InChI=1S/C30H30ClN5OS/c1-5-27(37)33-25-14-13-23(16-18(25)2)36-29(28(34-30(36)38)26-8-6-7-15-32-26)24-17-19(3)35(20(24)4)22-11-9-21(31)10-12-22/h6-17,28-29H,5H2,1-4H3,(H,33,37)(H,34,38)/t28-,29+/m1/s1. The van der Waals surface area contributed by atoms with Gasteiger partial charge in [-0.2, -0.15) is 0 Å². The van der Waals surface area contributed by atoms with E-state index in [0.717, 1.165) is 45.3 Å². The van der Waals surface area contributed by atoms with Crippen LogP contribution in [0.3, 0.4) is 0 Å². The first-order chi connectivity index (χ1) is 18.3. The van der Waals surface area contributed by atoms with E-state index in [2.05, 4.69) is 51.1 Å². The van der Waals surface area contributed by atoms with Crippen molar-refractivity contribution in [2.75, 3.05) is 10.2 Å². The van der Waals surface area contributed by atoms with Gasteiger partial charge in [0.2, 0.25) is 5.91 Å². The zero-order chi connectivity index (χ0) is 27.0. The number of nitrogens with zero attached hydrogens (tertiary/aromatic N) is 3. The van der Waals surface area contributed by atoms with Crippen molar-refractivity contribution < 1.29 is 4.79 Å². The Morgan fingerprint density at radius 1 is 1.05 bits per heavy atom. The number of aromatic nitrogens is 2. The minimum Gasteiger partial charge on any atom is -0.351 e. The molecule has 194 valence electrons. The van der Waals surface area contributed by atoms with E-state index in [4.69, 9.17) is 23.8 Å². The van der Waals surface area contributed by atoms with Crippen LogP contribution in [0.1, 0.15) is 53.6 Å². The third kappa shape index (κ3) is 4.79. The Morgan fingerprint density at radius 3 is 2.45 bits per heavy atom. The summed E-state index contributed by atoms with van der Waals surface area (Å²) in [6.45, 7) is 8.09. The molecule has 6 nitrogen and oxygen atoms in total. The number of thiocarbonyl (C=S) groups is 1. The second-order valence-electron chi connectivity index (χ2n) is 9.54. The fourth-order valence-corrected chi connectivity index (χ4v) is 5.67. The summed E-state index contributed by atoms with van der Waals surface area (Å²) in [5, 5.41) is 7.86. The summed E-state index contributed by atoms with van der Waals surface area (Å²) < 4.78 is 2.25. The number of anilines is 2. The molecule has 1 amide bonds. The molecule has 2 aromatic carbocycles. The first-order valence-corrected chi connectivity index (χ1v) is 13.4. The lowest BCUT2D eigenvalue weighted by atomic mass is 9.96. The molecule has 0 saturated carbocycles. The molecule has 1 saturated heterocycles. The first kappa shape index (κ1) is 25.9. The van der Waals surface area contributed by atoms with Crippen LogP contribution in [0.15, 0.2) is 72.9 Å². The number of amides is 1. The summed E-state index contributed by atoms with van der Waals surface area (Å²) in [4.78, 5) is 18.9. The maximum atomic E-state index is 12.0. The van der Waals surface area contributed by atoms with Gasteiger partial charge in [-0.15, -0.1) is 0 Å². The maximum absolute atomic E-state index is 12.0. The molecule has 2 N–H and O–H groups in total. The molecular weight excluding hydrogens is 514 g/mol. The normalized spacial score (nSPS) is 17.0. The number of nitrogens with one attached hydrogen (secondary N) is 2. The zero-order valence-corrected chi connectivity index (χ0v) is 23.4. The molecular formula is C30H30ClN5OS. The van der Waals surface area contributed by atoms with E-state index in [1.165, 1.54) is 0 Å². The molecule has 8 heteroatoms. The van der Waals surface area contributed by atoms with Gasteiger partial charge in [-0.25, -0.2) is 0 Å². The molecule has 0 unspecified atom stereocenters. The highest BCUT2D eigenvalue weighted by Crippen LogP contribution is 2.44. The fraction of sp³-hybridized carbons (Fsp3) is 0.233. The van der Waals surface area contributed by atoms with Crippen LogP contribution in [0.5, 0.6) is 0 Å². The molecule has 1 aliphatic rings. The molecule has 1 aliphatic heterocycles. The second-order valence-corrected chi connectivity index (χ2v) is 10.4. The predicted octanol–water partition coefficient (Wildman–Crippen LogP) is 6.98. The molecule has 1 fully saturated rings. The van der Waals surface area contributed by atoms with Gasteiger partial charge in [0.05, 0.1) is 17.8 Å². The Morgan fingerprint density at radius 2 is 1.79 bits per heavy atom. The Bertz CT molecular complexity index is 1500. The highest BCUT2D eigenvalue weighted by Gasteiger charge is 2.42. The monoisotopic (exact) mass is 543 g/mol. The van der Waals surface area contributed by atoms with E-state index in [-0.39, 0.29) is 18.0 Å².